The molecule has 1 fully saturated rings. The Balaban J connectivity index is 2.07. The molecule has 0 spiro atoms. The third-order valence-corrected chi connectivity index (χ3v) is 4.89. The maximum Gasteiger partial charge on any atom is 0.122 e. The number of likely N-dealkylation sites (N-methyl/N-ethyl adjacent to an activating group) is 2. The van der Waals surface area contributed by atoms with Crippen molar-refractivity contribution in [2.75, 3.05) is 34.2 Å². The molecule has 0 saturated heterocycles. The van der Waals surface area contributed by atoms with Crippen LogP contribution in [0, 0.1) is 0 Å². The van der Waals surface area contributed by atoms with Crippen LogP contribution in [0.15, 0.2) is 16.5 Å². The summed E-state index contributed by atoms with van der Waals surface area (Å²) in [4.78, 5) is 4.73. The minimum Gasteiger partial charge on any atom is -0.464 e. The fraction of sp³-hybridized carbons (Fsp3) is 0.750. The predicted octanol–water partition coefficient (Wildman–Crippen LogP) is 2.26. The molecular formula is C16H29N3O. The molecule has 1 saturated carbocycles. The number of hydrogen-bond donors (Lipinski definition) is 1. The van der Waals surface area contributed by atoms with Crippen LogP contribution in [0.2, 0.25) is 0 Å². The molecule has 2 N–H and O–H groups in total. The summed E-state index contributed by atoms with van der Waals surface area (Å²) in [5.74, 6) is 2.04. The zero-order chi connectivity index (χ0) is 14.8. The quantitative estimate of drug-likeness (QED) is 0.831. The molecule has 2 rings (SSSR count). The highest BCUT2D eigenvalue weighted by Gasteiger charge is 2.41. The summed E-state index contributed by atoms with van der Waals surface area (Å²) in [6.07, 6.45) is 4.82. The summed E-state index contributed by atoms with van der Waals surface area (Å²) in [7, 11) is 6.54. The molecule has 0 amide bonds. The number of furan rings is 1. The first-order chi connectivity index (χ1) is 9.52. The number of hydrogen-bond acceptors (Lipinski definition) is 4. The molecule has 114 valence electrons. The van der Waals surface area contributed by atoms with Gasteiger partial charge in [-0.15, -0.1) is 0 Å². The Bertz CT molecular complexity index is 423. The van der Waals surface area contributed by atoms with Crippen LogP contribution in [-0.4, -0.2) is 49.6 Å². The molecule has 1 unspecified atom stereocenters. The molecular weight excluding hydrogens is 250 g/mol. The lowest BCUT2D eigenvalue weighted by Gasteiger charge is -2.50. The van der Waals surface area contributed by atoms with Crippen LogP contribution < -0.4 is 5.73 Å². The van der Waals surface area contributed by atoms with E-state index in [-0.39, 0.29) is 6.04 Å². The summed E-state index contributed by atoms with van der Waals surface area (Å²) in [6, 6.07) is 4.32. The molecule has 0 aliphatic heterocycles. The van der Waals surface area contributed by atoms with Crippen molar-refractivity contribution in [3.8, 4) is 0 Å². The maximum atomic E-state index is 6.00. The standard InChI is InChI=1S/C16H29N3O/c1-5-13-7-8-15(20-13)14(11-17)19(4)12-16(18(2)3)9-6-10-16/h7-8,14H,5-6,9-12,17H2,1-4H3. The second-order valence-corrected chi connectivity index (χ2v) is 6.30. The Labute approximate surface area is 122 Å². The van der Waals surface area contributed by atoms with Crippen molar-refractivity contribution in [1.82, 2.24) is 9.80 Å². The molecule has 20 heavy (non-hydrogen) atoms. The van der Waals surface area contributed by atoms with E-state index in [1.807, 2.05) is 0 Å². The summed E-state index contributed by atoms with van der Waals surface area (Å²) in [5.41, 5.74) is 6.32. The predicted molar refractivity (Wildman–Crippen MR) is 82.8 cm³/mol. The number of nitrogens with two attached hydrogens (primary N) is 1. The monoisotopic (exact) mass is 279 g/mol. The molecule has 1 aliphatic rings. The van der Waals surface area contributed by atoms with Crippen LogP contribution in [0.3, 0.4) is 0 Å². The van der Waals surface area contributed by atoms with Gasteiger partial charge in [0.15, 0.2) is 0 Å². The molecule has 4 nitrogen and oxygen atoms in total. The van der Waals surface area contributed by atoms with E-state index in [0.717, 1.165) is 24.5 Å². The van der Waals surface area contributed by atoms with E-state index >= 15 is 0 Å². The molecule has 1 heterocycles. The van der Waals surface area contributed by atoms with Crippen LogP contribution in [0.4, 0.5) is 0 Å². The number of nitrogens with zero attached hydrogens (tertiary/aromatic N) is 2. The van der Waals surface area contributed by atoms with Crippen molar-refractivity contribution in [1.29, 1.82) is 0 Å². The van der Waals surface area contributed by atoms with Gasteiger partial charge in [0, 0.05) is 25.0 Å². The normalized spacial score (nSPS) is 19.4. The van der Waals surface area contributed by atoms with Gasteiger partial charge < -0.3 is 15.1 Å². The second kappa shape index (κ2) is 6.29. The molecule has 1 aromatic rings. The number of rotatable bonds is 7. The highest BCUT2D eigenvalue weighted by molar-refractivity contribution is 5.12. The van der Waals surface area contributed by atoms with Crippen molar-refractivity contribution >= 4 is 0 Å². The van der Waals surface area contributed by atoms with Crippen molar-refractivity contribution < 1.29 is 4.42 Å². The van der Waals surface area contributed by atoms with Crippen LogP contribution in [0.25, 0.3) is 0 Å². The summed E-state index contributed by atoms with van der Waals surface area (Å²) < 4.78 is 5.90. The topological polar surface area (TPSA) is 45.6 Å². The van der Waals surface area contributed by atoms with Crippen LogP contribution in [0.1, 0.15) is 43.7 Å². The van der Waals surface area contributed by atoms with Crippen molar-refractivity contribution in [2.45, 2.75) is 44.2 Å². The van der Waals surface area contributed by atoms with Gasteiger partial charge >= 0.3 is 0 Å². The summed E-state index contributed by atoms with van der Waals surface area (Å²) in [5, 5.41) is 0. The lowest BCUT2D eigenvalue weighted by molar-refractivity contribution is 0.0141. The van der Waals surface area contributed by atoms with Crippen molar-refractivity contribution in [2.24, 2.45) is 5.73 Å². The van der Waals surface area contributed by atoms with Crippen LogP contribution >= 0.6 is 0 Å². The van der Waals surface area contributed by atoms with Gasteiger partial charge in [0.25, 0.3) is 0 Å². The third-order valence-electron chi connectivity index (χ3n) is 4.89. The lowest BCUT2D eigenvalue weighted by atomic mass is 9.75. The smallest absolute Gasteiger partial charge is 0.122 e. The van der Waals surface area contributed by atoms with Gasteiger partial charge in [-0.05, 0) is 52.5 Å². The first-order valence-electron chi connectivity index (χ1n) is 7.69. The molecule has 1 aromatic heterocycles. The Kier molecular flexibility index (Phi) is 4.89. The van der Waals surface area contributed by atoms with Crippen LogP contribution in [-0.2, 0) is 6.42 Å². The van der Waals surface area contributed by atoms with Gasteiger partial charge in [0.05, 0.1) is 6.04 Å². The Hall–Kier alpha value is -0.840. The SMILES string of the molecule is CCc1ccc(C(CN)N(C)CC2(N(C)C)CCC2)o1. The lowest BCUT2D eigenvalue weighted by Crippen LogP contribution is -2.57. The second-order valence-electron chi connectivity index (χ2n) is 6.30. The van der Waals surface area contributed by atoms with E-state index in [9.17, 15) is 0 Å². The average Bonchev–Trinajstić information content (AvgIpc) is 2.83. The van der Waals surface area contributed by atoms with Gasteiger partial charge in [-0.2, -0.15) is 0 Å². The van der Waals surface area contributed by atoms with Gasteiger partial charge in [-0.1, -0.05) is 6.92 Å². The van der Waals surface area contributed by atoms with Gasteiger partial charge in [-0.3, -0.25) is 4.90 Å². The van der Waals surface area contributed by atoms with Crippen molar-refractivity contribution in [3.05, 3.63) is 23.7 Å². The zero-order valence-electron chi connectivity index (χ0n) is 13.4. The van der Waals surface area contributed by atoms with Crippen molar-refractivity contribution in [3.63, 3.8) is 0 Å². The molecule has 0 aromatic carbocycles. The minimum absolute atomic E-state index is 0.174. The van der Waals surface area contributed by atoms with E-state index in [0.29, 0.717) is 12.1 Å². The molecule has 4 heteroatoms. The van der Waals surface area contributed by atoms with E-state index in [4.69, 9.17) is 10.2 Å². The first kappa shape index (κ1) is 15.5. The Morgan fingerprint density at radius 2 is 2.00 bits per heavy atom. The van der Waals surface area contributed by atoms with Gasteiger partial charge in [0.2, 0.25) is 0 Å². The summed E-state index contributed by atoms with van der Waals surface area (Å²) >= 11 is 0. The molecule has 0 radical (unpaired) electrons. The largest absolute Gasteiger partial charge is 0.464 e. The molecule has 1 atom stereocenters. The fourth-order valence-electron chi connectivity index (χ4n) is 3.18. The Morgan fingerprint density at radius 1 is 1.30 bits per heavy atom. The number of aryl methyl sites for hydroxylation is 1. The third kappa shape index (κ3) is 2.92. The highest BCUT2D eigenvalue weighted by Crippen LogP contribution is 2.38. The zero-order valence-corrected chi connectivity index (χ0v) is 13.4. The first-order valence-corrected chi connectivity index (χ1v) is 7.69. The Morgan fingerprint density at radius 3 is 2.40 bits per heavy atom. The van der Waals surface area contributed by atoms with E-state index in [1.165, 1.54) is 19.3 Å². The van der Waals surface area contributed by atoms with E-state index in [1.54, 1.807) is 0 Å². The summed E-state index contributed by atoms with van der Waals surface area (Å²) in [6.45, 7) is 3.75. The average molecular weight is 279 g/mol. The van der Waals surface area contributed by atoms with Gasteiger partial charge in [0.1, 0.15) is 11.5 Å². The fourth-order valence-corrected chi connectivity index (χ4v) is 3.18. The highest BCUT2D eigenvalue weighted by atomic mass is 16.3. The van der Waals surface area contributed by atoms with E-state index < -0.39 is 0 Å². The van der Waals surface area contributed by atoms with Crippen LogP contribution in [0.5, 0.6) is 0 Å². The molecule has 1 aliphatic carbocycles. The van der Waals surface area contributed by atoms with Gasteiger partial charge in [-0.25, -0.2) is 0 Å². The van der Waals surface area contributed by atoms with E-state index in [2.05, 4.69) is 50.0 Å². The minimum atomic E-state index is 0.174. The molecule has 0 bridgehead atoms. The maximum absolute atomic E-state index is 6.00.